The minimum Gasteiger partial charge on any atom is -0.338 e. The van der Waals surface area contributed by atoms with Gasteiger partial charge in [-0.05, 0) is 17.0 Å². The van der Waals surface area contributed by atoms with Crippen LogP contribution in [0.1, 0.15) is 17.5 Å². The van der Waals surface area contributed by atoms with Crippen molar-refractivity contribution in [1.29, 1.82) is 0 Å². The molecule has 1 saturated heterocycles. The van der Waals surface area contributed by atoms with Crippen LogP contribution in [0.15, 0.2) is 24.3 Å². The minimum atomic E-state index is 0.207. The number of rotatable bonds is 4. The first-order valence-corrected chi connectivity index (χ1v) is 6.38. The van der Waals surface area contributed by atoms with Crippen LogP contribution in [0.3, 0.4) is 0 Å². The van der Waals surface area contributed by atoms with Crippen molar-refractivity contribution in [3.05, 3.63) is 35.4 Å². The van der Waals surface area contributed by atoms with Gasteiger partial charge in [-0.25, -0.2) is 0 Å². The molecule has 4 heteroatoms. The largest absolute Gasteiger partial charge is 0.338 e. The molecule has 1 aliphatic rings. The van der Waals surface area contributed by atoms with Gasteiger partial charge in [-0.15, -0.1) is 11.6 Å². The van der Waals surface area contributed by atoms with E-state index < -0.39 is 0 Å². The standard InChI is InChI=1S/C13H17ClN2O/c14-6-12-5-13(17)16(9-12)8-11-3-1-10(7-15)2-4-11/h1-4,12H,5-9,15H2. The Bertz CT molecular complexity index is 391. The Balaban J connectivity index is 1.98. The van der Waals surface area contributed by atoms with Gasteiger partial charge in [0.2, 0.25) is 5.91 Å². The maximum atomic E-state index is 11.7. The summed E-state index contributed by atoms with van der Waals surface area (Å²) in [7, 11) is 0. The third kappa shape index (κ3) is 2.99. The first-order chi connectivity index (χ1) is 8.22. The lowest BCUT2D eigenvalue weighted by Gasteiger charge is -2.16. The molecule has 1 heterocycles. The second-order valence-corrected chi connectivity index (χ2v) is 4.83. The molecule has 1 aromatic carbocycles. The van der Waals surface area contributed by atoms with Gasteiger partial charge in [0, 0.05) is 31.9 Å². The molecular weight excluding hydrogens is 236 g/mol. The van der Waals surface area contributed by atoms with Crippen LogP contribution in [0.25, 0.3) is 0 Å². The van der Waals surface area contributed by atoms with Crippen molar-refractivity contribution < 1.29 is 4.79 Å². The Labute approximate surface area is 107 Å². The van der Waals surface area contributed by atoms with Crippen molar-refractivity contribution in [2.24, 2.45) is 11.7 Å². The summed E-state index contributed by atoms with van der Waals surface area (Å²) < 4.78 is 0. The van der Waals surface area contributed by atoms with Crippen molar-refractivity contribution in [2.45, 2.75) is 19.5 Å². The van der Waals surface area contributed by atoms with Crippen molar-refractivity contribution in [3.8, 4) is 0 Å². The van der Waals surface area contributed by atoms with Crippen molar-refractivity contribution in [1.82, 2.24) is 4.90 Å². The summed E-state index contributed by atoms with van der Waals surface area (Å²) in [5.74, 6) is 1.08. The summed E-state index contributed by atoms with van der Waals surface area (Å²) in [5.41, 5.74) is 7.80. The molecule has 1 fully saturated rings. The SMILES string of the molecule is NCc1ccc(CN2CC(CCl)CC2=O)cc1. The summed E-state index contributed by atoms with van der Waals surface area (Å²) in [6, 6.07) is 8.08. The van der Waals surface area contributed by atoms with Gasteiger partial charge in [0.15, 0.2) is 0 Å². The zero-order chi connectivity index (χ0) is 12.3. The monoisotopic (exact) mass is 252 g/mol. The molecule has 1 amide bonds. The van der Waals surface area contributed by atoms with E-state index in [1.165, 1.54) is 0 Å². The van der Waals surface area contributed by atoms with Crippen molar-refractivity contribution in [3.63, 3.8) is 0 Å². The second kappa shape index (κ2) is 5.52. The topological polar surface area (TPSA) is 46.3 Å². The molecule has 0 aliphatic carbocycles. The maximum absolute atomic E-state index is 11.7. The molecule has 2 rings (SSSR count). The number of carbonyl (C=O) groups excluding carboxylic acids is 1. The predicted molar refractivity (Wildman–Crippen MR) is 68.6 cm³/mol. The zero-order valence-corrected chi connectivity index (χ0v) is 10.5. The van der Waals surface area contributed by atoms with Crippen LogP contribution in [0.2, 0.25) is 0 Å². The lowest BCUT2D eigenvalue weighted by molar-refractivity contribution is -0.128. The zero-order valence-electron chi connectivity index (χ0n) is 9.73. The van der Waals surface area contributed by atoms with Gasteiger partial charge in [-0.3, -0.25) is 4.79 Å². The molecule has 1 unspecified atom stereocenters. The van der Waals surface area contributed by atoms with Crippen LogP contribution in [0.4, 0.5) is 0 Å². The van der Waals surface area contributed by atoms with Gasteiger partial charge < -0.3 is 10.6 Å². The average Bonchev–Trinajstić information content (AvgIpc) is 2.71. The molecule has 1 aromatic rings. The molecule has 0 aromatic heterocycles. The smallest absolute Gasteiger partial charge is 0.223 e. The molecule has 17 heavy (non-hydrogen) atoms. The average molecular weight is 253 g/mol. The van der Waals surface area contributed by atoms with Crippen LogP contribution in [-0.4, -0.2) is 23.2 Å². The Kier molecular flexibility index (Phi) is 4.02. The van der Waals surface area contributed by atoms with Crippen LogP contribution in [-0.2, 0) is 17.9 Å². The number of likely N-dealkylation sites (tertiary alicyclic amines) is 1. The second-order valence-electron chi connectivity index (χ2n) is 4.52. The fraction of sp³-hybridized carbons (Fsp3) is 0.462. The Morgan fingerprint density at radius 2 is 1.94 bits per heavy atom. The van der Waals surface area contributed by atoms with Gasteiger partial charge in [0.05, 0.1) is 0 Å². The Morgan fingerprint density at radius 1 is 1.29 bits per heavy atom. The van der Waals surface area contributed by atoms with E-state index in [1.54, 1.807) is 0 Å². The fourth-order valence-electron chi connectivity index (χ4n) is 2.11. The number of hydrogen-bond acceptors (Lipinski definition) is 2. The summed E-state index contributed by atoms with van der Waals surface area (Å²) in [4.78, 5) is 13.6. The Hall–Kier alpha value is -1.06. The van der Waals surface area contributed by atoms with Gasteiger partial charge in [0.25, 0.3) is 0 Å². The highest BCUT2D eigenvalue weighted by atomic mass is 35.5. The van der Waals surface area contributed by atoms with E-state index >= 15 is 0 Å². The molecule has 92 valence electrons. The number of alkyl halides is 1. The maximum Gasteiger partial charge on any atom is 0.223 e. The normalized spacial score (nSPS) is 20.0. The summed E-state index contributed by atoms with van der Waals surface area (Å²) in [6.45, 7) is 2.01. The number of benzene rings is 1. The van der Waals surface area contributed by atoms with Gasteiger partial charge >= 0.3 is 0 Å². The van der Waals surface area contributed by atoms with Crippen LogP contribution in [0.5, 0.6) is 0 Å². The molecule has 3 nitrogen and oxygen atoms in total. The van der Waals surface area contributed by atoms with E-state index in [-0.39, 0.29) is 5.91 Å². The molecule has 0 saturated carbocycles. The predicted octanol–water partition coefficient (Wildman–Crippen LogP) is 1.73. The first kappa shape index (κ1) is 12.4. The van der Waals surface area contributed by atoms with E-state index in [4.69, 9.17) is 17.3 Å². The number of carbonyl (C=O) groups is 1. The van der Waals surface area contributed by atoms with Crippen molar-refractivity contribution in [2.75, 3.05) is 12.4 Å². The number of nitrogens with two attached hydrogens (primary N) is 1. The molecule has 2 N–H and O–H groups in total. The lowest BCUT2D eigenvalue weighted by Crippen LogP contribution is -2.24. The number of halogens is 1. The van der Waals surface area contributed by atoms with Crippen LogP contribution in [0, 0.1) is 5.92 Å². The van der Waals surface area contributed by atoms with Gasteiger partial charge in [0.1, 0.15) is 0 Å². The molecule has 0 radical (unpaired) electrons. The molecule has 1 aliphatic heterocycles. The third-order valence-corrected chi connectivity index (χ3v) is 3.58. The molecule has 0 bridgehead atoms. The highest BCUT2D eigenvalue weighted by Gasteiger charge is 2.28. The summed E-state index contributed by atoms with van der Waals surface area (Å²) in [6.07, 6.45) is 0.588. The molecule has 1 atom stereocenters. The quantitative estimate of drug-likeness (QED) is 0.830. The highest BCUT2D eigenvalue weighted by molar-refractivity contribution is 6.18. The highest BCUT2D eigenvalue weighted by Crippen LogP contribution is 2.21. The summed E-state index contributed by atoms with van der Waals surface area (Å²) in [5, 5.41) is 0. The number of hydrogen-bond donors (Lipinski definition) is 1. The number of nitrogens with zero attached hydrogens (tertiary/aromatic N) is 1. The van der Waals surface area contributed by atoms with Gasteiger partial charge in [-0.1, -0.05) is 24.3 Å². The fourth-order valence-corrected chi connectivity index (χ4v) is 2.32. The number of amides is 1. The minimum absolute atomic E-state index is 0.207. The van der Waals surface area contributed by atoms with E-state index in [0.717, 1.165) is 17.7 Å². The lowest BCUT2D eigenvalue weighted by atomic mass is 10.1. The molecular formula is C13H17ClN2O. The van der Waals surface area contributed by atoms with Crippen LogP contribution < -0.4 is 5.73 Å². The van der Waals surface area contributed by atoms with E-state index in [9.17, 15) is 4.79 Å². The van der Waals surface area contributed by atoms with Gasteiger partial charge in [-0.2, -0.15) is 0 Å². The van der Waals surface area contributed by atoms with E-state index in [0.29, 0.717) is 31.3 Å². The van der Waals surface area contributed by atoms with Crippen molar-refractivity contribution >= 4 is 17.5 Å². The molecule has 0 spiro atoms. The Morgan fingerprint density at radius 3 is 2.47 bits per heavy atom. The van der Waals surface area contributed by atoms with Crippen LogP contribution >= 0.6 is 11.6 Å². The first-order valence-electron chi connectivity index (χ1n) is 5.84. The summed E-state index contributed by atoms with van der Waals surface area (Å²) >= 11 is 5.79. The van der Waals surface area contributed by atoms with E-state index in [2.05, 4.69) is 0 Å². The third-order valence-electron chi connectivity index (χ3n) is 3.14. The van der Waals surface area contributed by atoms with E-state index in [1.807, 2.05) is 29.2 Å².